The molecule has 1 aliphatic rings. The Labute approximate surface area is 209 Å². The molecule has 1 aliphatic heterocycles. The molecule has 0 atom stereocenters. The van der Waals surface area contributed by atoms with Gasteiger partial charge in [0.1, 0.15) is 28.9 Å². The number of rotatable bonds is 4. The van der Waals surface area contributed by atoms with Crippen molar-refractivity contribution in [3.8, 4) is 33.7 Å². The fraction of sp³-hybridized carbons (Fsp3) is 0.200. The third-order valence-corrected chi connectivity index (χ3v) is 7.68. The Morgan fingerprint density at radius 1 is 1.06 bits per heavy atom. The van der Waals surface area contributed by atoms with Crippen LogP contribution in [0.4, 0.5) is 10.2 Å². The van der Waals surface area contributed by atoms with Gasteiger partial charge < -0.3 is 19.1 Å². The molecule has 180 valence electrons. The van der Waals surface area contributed by atoms with E-state index in [0.29, 0.717) is 52.8 Å². The van der Waals surface area contributed by atoms with Crippen molar-refractivity contribution in [3.63, 3.8) is 0 Å². The number of phenols is 1. The first-order valence-electron chi connectivity index (χ1n) is 10.9. The van der Waals surface area contributed by atoms with Crippen LogP contribution in [0.3, 0.4) is 0 Å². The number of benzene rings is 2. The van der Waals surface area contributed by atoms with Crippen LogP contribution in [0.1, 0.15) is 0 Å². The molecule has 0 amide bonds. The van der Waals surface area contributed by atoms with Gasteiger partial charge in [-0.2, -0.15) is 0 Å². The molecule has 35 heavy (non-hydrogen) atoms. The van der Waals surface area contributed by atoms with Gasteiger partial charge in [-0.25, -0.2) is 14.2 Å². The van der Waals surface area contributed by atoms with Gasteiger partial charge in [-0.3, -0.25) is 4.57 Å². The molecular weight excluding hydrogens is 491 g/mol. The Bertz CT molecular complexity index is 1460. The molecule has 7 nitrogen and oxygen atoms in total. The number of anilines is 1. The maximum absolute atomic E-state index is 14.7. The number of aromatic hydroxyl groups is 1. The van der Waals surface area contributed by atoms with Gasteiger partial charge in [0.2, 0.25) is 0 Å². The molecule has 0 radical (unpaired) electrons. The number of hydrogen-bond acceptors (Lipinski definition) is 5. The molecule has 2 aromatic heterocycles. The summed E-state index contributed by atoms with van der Waals surface area (Å²) < 4.78 is 29.3. The van der Waals surface area contributed by atoms with E-state index in [2.05, 4.69) is 4.98 Å². The molecular formula is C25H22ClFN4O3S. The largest absolute Gasteiger partial charge is 0.616 e. The predicted molar refractivity (Wildman–Crippen MR) is 136 cm³/mol. The minimum Gasteiger partial charge on any atom is -0.616 e. The normalized spacial score (nSPS) is 14.5. The lowest BCUT2D eigenvalue weighted by atomic mass is 9.97. The third-order valence-electron chi connectivity index (χ3n) is 6.10. The second-order valence-corrected chi connectivity index (χ2v) is 10.4. The Morgan fingerprint density at radius 2 is 1.74 bits per heavy atom. The maximum Gasteiger partial charge on any atom is 0.332 e. The maximum atomic E-state index is 14.7. The molecule has 3 heterocycles. The summed E-state index contributed by atoms with van der Waals surface area (Å²) in [4.78, 5) is 18.7. The fourth-order valence-electron chi connectivity index (χ4n) is 4.18. The Kier molecular flexibility index (Phi) is 6.31. The molecule has 5 rings (SSSR count). The van der Waals surface area contributed by atoms with Gasteiger partial charge >= 0.3 is 5.69 Å². The number of aryl methyl sites for hydroxylation is 1. The monoisotopic (exact) mass is 512 g/mol. The summed E-state index contributed by atoms with van der Waals surface area (Å²) in [6.45, 7) is 1.25. The van der Waals surface area contributed by atoms with Crippen molar-refractivity contribution in [3.05, 3.63) is 82.4 Å². The molecule has 0 bridgehead atoms. The van der Waals surface area contributed by atoms with Crippen molar-refractivity contribution < 1.29 is 14.0 Å². The quantitative estimate of drug-likeness (QED) is 0.418. The number of hydrogen-bond donors (Lipinski definition) is 1. The first kappa shape index (κ1) is 23.5. The highest BCUT2D eigenvalue weighted by Crippen LogP contribution is 2.40. The smallest absolute Gasteiger partial charge is 0.332 e. The van der Waals surface area contributed by atoms with E-state index in [1.165, 1.54) is 21.3 Å². The zero-order chi connectivity index (χ0) is 24.7. The second-order valence-electron chi connectivity index (χ2n) is 8.32. The average Bonchev–Trinajstić information content (AvgIpc) is 3.18. The highest BCUT2D eigenvalue weighted by atomic mass is 35.5. The molecule has 10 heteroatoms. The number of pyridine rings is 1. The SMILES string of the molecule is Cn1ccn(-c2ccc(-c3cc(F)cc(-c4ccnc(N5CC[S+]([O-])CC5)c4)c3O)cc2Cl)c1=O. The van der Waals surface area contributed by atoms with Crippen LogP contribution in [0.5, 0.6) is 5.75 Å². The van der Waals surface area contributed by atoms with Gasteiger partial charge in [-0.05, 0) is 47.5 Å². The van der Waals surface area contributed by atoms with Crippen LogP contribution in [-0.4, -0.2) is 48.4 Å². The lowest BCUT2D eigenvalue weighted by Crippen LogP contribution is -2.40. The van der Waals surface area contributed by atoms with E-state index < -0.39 is 17.0 Å². The summed E-state index contributed by atoms with van der Waals surface area (Å²) in [6.07, 6.45) is 4.86. The second kappa shape index (κ2) is 9.41. The minimum absolute atomic E-state index is 0.0935. The zero-order valence-electron chi connectivity index (χ0n) is 18.8. The number of halogens is 2. The van der Waals surface area contributed by atoms with Crippen LogP contribution in [0.25, 0.3) is 27.9 Å². The molecule has 2 aromatic carbocycles. The molecule has 0 unspecified atom stereocenters. The minimum atomic E-state index is -0.813. The molecule has 1 saturated heterocycles. The van der Waals surface area contributed by atoms with Crippen molar-refractivity contribution in [2.75, 3.05) is 29.5 Å². The highest BCUT2D eigenvalue weighted by molar-refractivity contribution is 7.91. The van der Waals surface area contributed by atoms with Crippen LogP contribution in [0, 0.1) is 5.82 Å². The van der Waals surface area contributed by atoms with Crippen LogP contribution in [0.2, 0.25) is 5.02 Å². The summed E-state index contributed by atoms with van der Waals surface area (Å²) in [7, 11) is 1.64. The van der Waals surface area contributed by atoms with Crippen molar-refractivity contribution in [1.29, 1.82) is 0 Å². The summed E-state index contributed by atoms with van der Waals surface area (Å²) in [5.74, 6) is 1.23. The summed E-state index contributed by atoms with van der Waals surface area (Å²) in [6, 6.07) is 11.0. The summed E-state index contributed by atoms with van der Waals surface area (Å²) >= 11 is 5.67. The fourth-order valence-corrected chi connectivity index (χ4v) is 5.51. The standard InChI is InChI=1S/C25H22ClFN4O3S/c1-29-6-7-31(25(29)33)22-3-2-16(12-21(22)26)19-14-18(27)15-20(24(19)32)17-4-5-28-23(13-17)30-8-10-35(34)11-9-30/h2-7,12-15,32H,8-11H2,1H3. The van der Waals surface area contributed by atoms with Crippen molar-refractivity contribution in [1.82, 2.24) is 14.1 Å². The Morgan fingerprint density at radius 3 is 2.37 bits per heavy atom. The van der Waals surface area contributed by atoms with Crippen LogP contribution in [-0.2, 0) is 18.2 Å². The highest BCUT2D eigenvalue weighted by Gasteiger charge is 2.22. The number of phenolic OH excluding ortho intramolecular Hbond substituents is 1. The Hall–Kier alpha value is -3.27. The van der Waals surface area contributed by atoms with Crippen LogP contribution < -0.4 is 10.6 Å². The van der Waals surface area contributed by atoms with Gasteiger partial charge in [0.15, 0.2) is 0 Å². The Balaban J connectivity index is 1.53. The van der Waals surface area contributed by atoms with E-state index >= 15 is 0 Å². The van der Waals surface area contributed by atoms with Gasteiger partial charge in [0, 0.05) is 36.8 Å². The number of aromatic nitrogens is 3. The third kappa shape index (κ3) is 4.54. The molecule has 0 spiro atoms. The topological polar surface area (TPSA) is 86.3 Å². The van der Waals surface area contributed by atoms with Gasteiger partial charge in [-0.1, -0.05) is 28.8 Å². The zero-order valence-corrected chi connectivity index (χ0v) is 20.4. The first-order valence-corrected chi connectivity index (χ1v) is 12.8. The van der Waals surface area contributed by atoms with Gasteiger partial charge in [0.05, 0.1) is 23.8 Å². The van der Waals surface area contributed by atoms with Crippen molar-refractivity contribution in [2.45, 2.75) is 0 Å². The molecule has 0 aliphatic carbocycles. The van der Waals surface area contributed by atoms with E-state index in [9.17, 15) is 18.8 Å². The van der Waals surface area contributed by atoms with Crippen molar-refractivity contribution >= 4 is 28.6 Å². The molecule has 1 N–H and O–H groups in total. The van der Waals surface area contributed by atoms with Crippen LogP contribution in [0.15, 0.2) is 65.8 Å². The van der Waals surface area contributed by atoms with E-state index in [-0.39, 0.29) is 22.0 Å². The number of nitrogens with zero attached hydrogens (tertiary/aromatic N) is 4. The molecule has 0 saturated carbocycles. The lowest BCUT2D eigenvalue weighted by Gasteiger charge is -2.29. The molecule has 4 aromatic rings. The van der Waals surface area contributed by atoms with E-state index in [1.54, 1.807) is 56.0 Å². The summed E-state index contributed by atoms with van der Waals surface area (Å²) in [5.41, 5.74) is 1.96. The lowest BCUT2D eigenvalue weighted by molar-refractivity contribution is 0.477. The van der Waals surface area contributed by atoms with E-state index in [1.807, 2.05) is 4.90 Å². The predicted octanol–water partition coefficient (Wildman–Crippen LogP) is 3.97. The number of imidazole rings is 1. The van der Waals surface area contributed by atoms with E-state index in [4.69, 9.17) is 11.6 Å². The van der Waals surface area contributed by atoms with E-state index in [0.717, 1.165) is 0 Å². The summed E-state index contributed by atoms with van der Waals surface area (Å²) in [5, 5.41) is 11.4. The van der Waals surface area contributed by atoms with Gasteiger partial charge in [0.25, 0.3) is 0 Å². The van der Waals surface area contributed by atoms with Crippen LogP contribution >= 0.6 is 11.6 Å². The molecule has 1 fully saturated rings. The first-order chi connectivity index (χ1) is 16.8. The van der Waals surface area contributed by atoms with Gasteiger partial charge in [-0.15, -0.1) is 0 Å². The van der Waals surface area contributed by atoms with Crippen molar-refractivity contribution in [2.24, 2.45) is 7.05 Å². The average molecular weight is 513 g/mol.